The quantitative estimate of drug-likeness (QED) is 0.238. The molecule has 3 heterocycles. The fourth-order valence-electron chi connectivity index (χ4n) is 3.21. The van der Waals surface area contributed by atoms with Gasteiger partial charge in [0.25, 0.3) is 0 Å². The van der Waals surface area contributed by atoms with Crippen LogP contribution in [0.2, 0.25) is 0 Å². The third-order valence-corrected chi connectivity index (χ3v) is 6.14. The Morgan fingerprint density at radius 3 is 2.71 bits per heavy atom. The third-order valence-electron chi connectivity index (χ3n) is 4.54. The number of aliphatic imine (C=N–C) groups is 1. The van der Waals surface area contributed by atoms with E-state index in [9.17, 15) is 9.90 Å². The number of rotatable bonds is 6. The second kappa shape index (κ2) is 9.01. The molecular weight excluding hydrogens is 482 g/mol. The highest BCUT2D eigenvalue weighted by Gasteiger charge is 2.24. The molecule has 31 heavy (non-hydrogen) atoms. The zero-order valence-corrected chi connectivity index (χ0v) is 18.8. The molecule has 3 aromatic heterocycles. The highest BCUT2D eigenvalue weighted by molar-refractivity contribution is 9.10. The first-order valence-corrected chi connectivity index (χ1v) is 11.0. The van der Waals surface area contributed by atoms with Crippen molar-refractivity contribution in [1.29, 1.82) is 0 Å². The number of thiophene rings is 1. The maximum Gasteiger partial charge on any atom is 0.348 e. The van der Waals surface area contributed by atoms with E-state index in [-0.39, 0.29) is 18.0 Å². The fourth-order valence-corrected chi connectivity index (χ4v) is 4.47. The topological polar surface area (TPSA) is 108 Å². The molecule has 4 aromatic rings. The van der Waals surface area contributed by atoms with E-state index in [1.54, 1.807) is 19.3 Å². The van der Waals surface area contributed by atoms with Crippen LogP contribution in [0.5, 0.6) is 0 Å². The van der Waals surface area contributed by atoms with E-state index < -0.39 is 5.97 Å². The van der Waals surface area contributed by atoms with Crippen molar-refractivity contribution in [1.82, 2.24) is 4.98 Å². The molecule has 158 valence electrons. The average molecular weight is 500 g/mol. The number of carbonyl (C=O) groups is 1. The minimum atomic E-state index is -1.05. The lowest BCUT2D eigenvalue weighted by Gasteiger charge is -2.11. The SMILES string of the molecule is CC(=NCCO)Nc1c(C(=O)O)sc2nc(-c3ccco3)cc(-c3ccc(Br)cc3)c12. The summed E-state index contributed by atoms with van der Waals surface area (Å²) in [4.78, 5) is 21.6. The molecule has 0 aliphatic carbocycles. The van der Waals surface area contributed by atoms with Crippen LogP contribution in [0.3, 0.4) is 0 Å². The van der Waals surface area contributed by atoms with E-state index >= 15 is 0 Å². The van der Waals surface area contributed by atoms with Crippen LogP contribution in [0.15, 0.2) is 62.6 Å². The maximum absolute atomic E-state index is 12.0. The van der Waals surface area contributed by atoms with E-state index in [1.165, 1.54) is 0 Å². The molecular formula is C22H18BrN3O4S. The molecule has 0 aliphatic rings. The minimum absolute atomic E-state index is 0.0899. The van der Waals surface area contributed by atoms with Crippen LogP contribution in [0.25, 0.3) is 32.8 Å². The summed E-state index contributed by atoms with van der Waals surface area (Å²) in [5, 5.41) is 22.7. The van der Waals surface area contributed by atoms with Crippen molar-refractivity contribution >= 4 is 55.0 Å². The lowest BCUT2D eigenvalue weighted by atomic mass is 10.0. The minimum Gasteiger partial charge on any atom is -0.477 e. The number of halogens is 1. The second-order valence-corrected chi connectivity index (χ2v) is 8.56. The fraction of sp³-hybridized carbons (Fsp3) is 0.136. The summed E-state index contributed by atoms with van der Waals surface area (Å²) >= 11 is 4.55. The van der Waals surface area contributed by atoms with Gasteiger partial charge < -0.3 is 19.9 Å². The van der Waals surface area contributed by atoms with Gasteiger partial charge in [0.2, 0.25) is 0 Å². The zero-order chi connectivity index (χ0) is 22.0. The number of nitrogens with zero attached hydrogens (tertiary/aromatic N) is 2. The summed E-state index contributed by atoms with van der Waals surface area (Å²) in [6.45, 7) is 1.87. The summed E-state index contributed by atoms with van der Waals surface area (Å²) in [6, 6.07) is 13.3. The Labute approximate surface area is 190 Å². The van der Waals surface area contributed by atoms with Crippen molar-refractivity contribution < 1.29 is 19.4 Å². The smallest absolute Gasteiger partial charge is 0.348 e. The van der Waals surface area contributed by atoms with Gasteiger partial charge in [-0.15, -0.1) is 11.3 Å². The number of pyridine rings is 1. The second-order valence-electron chi connectivity index (χ2n) is 6.65. The number of furan rings is 1. The Hall–Kier alpha value is -3.01. The Bertz CT molecular complexity index is 1260. The van der Waals surface area contributed by atoms with Crippen molar-refractivity contribution in [2.45, 2.75) is 6.92 Å². The van der Waals surface area contributed by atoms with Gasteiger partial charge >= 0.3 is 5.97 Å². The van der Waals surface area contributed by atoms with E-state index in [0.717, 1.165) is 26.9 Å². The van der Waals surface area contributed by atoms with Gasteiger partial charge in [-0.2, -0.15) is 0 Å². The van der Waals surface area contributed by atoms with E-state index in [1.807, 2.05) is 36.4 Å². The van der Waals surface area contributed by atoms with Crippen molar-refractivity contribution in [2.75, 3.05) is 18.5 Å². The molecule has 7 nitrogen and oxygen atoms in total. The zero-order valence-electron chi connectivity index (χ0n) is 16.4. The number of hydrogen-bond donors (Lipinski definition) is 3. The summed E-state index contributed by atoms with van der Waals surface area (Å²) in [5.74, 6) is 0.0515. The summed E-state index contributed by atoms with van der Waals surface area (Å²) in [6.07, 6.45) is 1.57. The van der Waals surface area contributed by atoms with Crippen LogP contribution < -0.4 is 5.32 Å². The number of nitrogens with one attached hydrogen (secondary N) is 1. The number of aliphatic hydroxyl groups excluding tert-OH is 1. The summed E-state index contributed by atoms with van der Waals surface area (Å²) in [5.41, 5.74) is 2.78. The van der Waals surface area contributed by atoms with Gasteiger partial charge in [0.1, 0.15) is 15.4 Å². The lowest BCUT2D eigenvalue weighted by molar-refractivity contribution is 0.0703. The molecule has 0 aliphatic heterocycles. The average Bonchev–Trinajstić information content (AvgIpc) is 3.41. The standard InChI is InChI=1S/C22H18BrN3O4S/c1-12(24-8-9-27)25-19-18-15(13-4-6-14(23)7-5-13)11-16(17-3-2-10-30-17)26-21(18)31-20(19)22(28)29/h2-7,10-11,27H,8-9H2,1H3,(H,24,25)(H,28,29). The van der Waals surface area contributed by atoms with Gasteiger partial charge in [0.05, 0.1) is 30.9 Å². The highest BCUT2D eigenvalue weighted by Crippen LogP contribution is 2.43. The molecule has 0 radical (unpaired) electrons. The van der Waals surface area contributed by atoms with Crippen molar-refractivity contribution in [3.63, 3.8) is 0 Å². The molecule has 4 rings (SSSR count). The van der Waals surface area contributed by atoms with Gasteiger partial charge in [-0.1, -0.05) is 28.1 Å². The van der Waals surface area contributed by atoms with E-state index in [4.69, 9.17) is 9.52 Å². The first-order chi connectivity index (χ1) is 15.0. The van der Waals surface area contributed by atoms with E-state index in [2.05, 4.69) is 31.2 Å². The molecule has 0 atom stereocenters. The first-order valence-electron chi connectivity index (χ1n) is 9.37. The van der Waals surface area contributed by atoms with Crippen LogP contribution in [0.1, 0.15) is 16.6 Å². The molecule has 0 bridgehead atoms. The number of amidine groups is 1. The Kier molecular flexibility index (Phi) is 6.17. The molecule has 9 heteroatoms. The highest BCUT2D eigenvalue weighted by atomic mass is 79.9. The molecule has 0 spiro atoms. The molecule has 1 aromatic carbocycles. The number of carboxylic acid groups (broad SMARTS) is 1. The van der Waals surface area contributed by atoms with Crippen LogP contribution in [-0.4, -0.2) is 40.2 Å². The number of aromatic nitrogens is 1. The molecule has 0 saturated carbocycles. The normalized spacial score (nSPS) is 11.8. The number of carboxylic acids is 1. The third kappa shape index (κ3) is 4.39. The predicted molar refractivity (Wildman–Crippen MR) is 126 cm³/mol. The summed E-state index contributed by atoms with van der Waals surface area (Å²) < 4.78 is 6.47. The molecule has 3 N–H and O–H groups in total. The van der Waals surface area contributed by atoms with Crippen molar-refractivity contribution in [3.8, 4) is 22.6 Å². The molecule has 0 saturated heterocycles. The van der Waals surface area contributed by atoms with Crippen molar-refractivity contribution in [3.05, 3.63) is 58.1 Å². The lowest BCUT2D eigenvalue weighted by Crippen LogP contribution is -2.11. The number of aliphatic hydroxyl groups is 1. The van der Waals surface area contributed by atoms with Gasteiger partial charge in [0.15, 0.2) is 5.76 Å². The number of benzene rings is 1. The van der Waals surface area contributed by atoms with Crippen LogP contribution in [0, 0.1) is 0 Å². The number of fused-ring (bicyclic) bond motifs is 1. The van der Waals surface area contributed by atoms with Gasteiger partial charge in [-0.05, 0) is 48.4 Å². The Morgan fingerprint density at radius 2 is 2.06 bits per heavy atom. The van der Waals surface area contributed by atoms with Gasteiger partial charge in [-0.25, -0.2) is 9.78 Å². The Morgan fingerprint density at radius 1 is 1.29 bits per heavy atom. The largest absolute Gasteiger partial charge is 0.477 e. The number of aromatic carboxylic acids is 1. The first kappa shape index (κ1) is 21.2. The summed E-state index contributed by atoms with van der Waals surface area (Å²) in [7, 11) is 0. The molecule has 0 unspecified atom stereocenters. The van der Waals surface area contributed by atoms with Crippen molar-refractivity contribution in [2.24, 2.45) is 4.99 Å². The van der Waals surface area contributed by atoms with Crippen LogP contribution in [0.4, 0.5) is 5.69 Å². The monoisotopic (exact) mass is 499 g/mol. The van der Waals surface area contributed by atoms with Crippen LogP contribution in [-0.2, 0) is 0 Å². The molecule has 0 amide bonds. The molecule has 0 fully saturated rings. The van der Waals surface area contributed by atoms with E-state index in [0.29, 0.717) is 33.2 Å². The maximum atomic E-state index is 12.0. The number of hydrogen-bond acceptors (Lipinski definition) is 6. The van der Waals surface area contributed by atoms with Gasteiger partial charge in [-0.3, -0.25) is 4.99 Å². The number of anilines is 1. The van der Waals surface area contributed by atoms with Gasteiger partial charge in [0, 0.05) is 9.86 Å². The van der Waals surface area contributed by atoms with Crippen LogP contribution >= 0.6 is 27.3 Å². The predicted octanol–water partition coefficient (Wildman–Crippen LogP) is 5.51. The Balaban J connectivity index is 2.00.